The van der Waals surface area contributed by atoms with Crippen molar-refractivity contribution in [3.05, 3.63) is 64.7 Å². The molecule has 0 aliphatic heterocycles. The zero-order valence-corrected chi connectivity index (χ0v) is 15.2. The highest BCUT2D eigenvalue weighted by atomic mass is 19.4. The summed E-state index contributed by atoms with van der Waals surface area (Å²) < 4.78 is 49.7. The van der Waals surface area contributed by atoms with Gasteiger partial charge in [0.05, 0.1) is 24.7 Å². The van der Waals surface area contributed by atoms with E-state index in [1.165, 1.54) is 6.07 Å². The number of carbonyl (C=O) groups is 1. The number of aryl methyl sites for hydroxylation is 1. The van der Waals surface area contributed by atoms with Gasteiger partial charge in [-0.1, -0.05) is 18.2 Å². The topological polar surface area (TPSA) is 55.8 Å². The predicted octanol–water partition coefficient (Wildman–Crippen LogP) is 4.63. The summed E-state index contributed by atoms with van der Waals surface area (Å²) in [6, 6.07) is 10.8. The lowest BCUT2D eigenvalue weighted by Crippen LogP contribution is -2.23. The Morgan fingerprint density at radius 3 is 2.71 bits per heavy atom. The molecule has 0 fully saturated rings. The van der Waals surface area contributed by atoms with E-state index in [9.17, 15) is 18.0 Å². The van der Waals surface area contributed by atoms with Crippen LogP contribution in [-0.2, 0) is 35.2 Å². The molecular formula is C21H21F3O4. The number of alkyl halides is 3. The van der Waals surface area contributed by atoms with E-state index in [0.717, 1.165) is 36.1 Å². The standard InChI is InChI=1S/C21H21F3O4/c22-21(23,24)17-3-1-2-14(10-17)13-28-19-7-5-15-11-18(6-4-16(15)12-19)27-9-8-20(25)26/h1-3,5,7,10,12,18H,4,6,8-9,11,13H2,(H,25,26). The number of fused-ring (bicyclic) bond motifs is 1. The smallest absolute Gasteiger partial charge is 0.416 e. The van der Waals surface area contributed by atoms with E-state index in [-0.39, 0.29) is 25.7 Å². The second-order valence-electron chi connectivity index (χ2n) is 6.80. The number of ether oxygens (including phenoxy) is 2. The molecule has 0 radical (unpaired) electrons. The Morgan fingerprint density at radius 2 is 1.96 bits per heavy atom. The summed E-state index contributed by atoms with van der Waals surface area (Å²) in [5.41, 5.74) is 2.02. The van der Waals surface area contributed by atoms with Crippen molar-refractivity contribution in [2.75, 3.05) is 6.61 Å². The quantitative estimate of drug-likeness (QED) is 0.744. The van der Waals surface area contributed by atoms with Gasteiger partial charge in [-0.3, -0.25) is 4.79 Å². The molecule has 1 aliphatic rings. The van der Waals surface area contributed by atoms with Crippen molar-refractivity contribution in [1.82, 2.24) is 0 Å². The van der Waals surface area contributed by atoms with E-state index in [4.69, 9.17) is 14.6 Å². The molecule has 0 saturated carbocycles. The third kappa shape index (κ3) is 5.48. The highest BCUT2D eigenvalue weighted by Crippen LogP contribution is 2.30. The van der Waals surface area contributed by atoms with Crippen molar-refractivity contribution in [2.45, 2.75) is 44.6 Å². The van der Waals surface area contributed by atoms with Gasteiger partial charge in [-0.15, -0.1) is 0 Å². The lowest BCUT2D eigenvalue weighted by Gasteiger charge is -2.25. The van der Waals surface area contributed by atoms with Crippen LogP contribution in [0.1, 0.15) is 35.1 Å². The zero-order valence-electron chi connectivity index (χ0n) is 15.2. The SMILES string of the molecule is O=C(O)CCOC1CCc2cc(OCc3cccc(C(F)(F)F)c3)ccc2C1. The van der Waals surface area contributed by atoms with Crippen LogP contribution in [0, 0.1) is 0 Å². The molecule has 2 aromatic carbocycles. The van der Waals surface area contributed by atoms with E-state index in [1.807, 2.05) is 12.1 Å². The molecule has 4 nitrogen and oxygen atoms in total. The molecule has 0 saturated heterocycles. The van der Waals surface area contributed by atoms with Crippen LogP contribution in [-0.4, -0.2) is 23.8 Å². The second-order valence-corrected chi connectivity index (χ2v) is 6.80. The van der Waals surface area contributed by atoms with Gasteiger partial charge in [0.25, 0.3) is 0 Å². The van der Waals surface area contributed by atoms with Crippen LogP contribution in [0.5, 0.6) is 5.75 Å². The fourth-order valence-electron chi connectivity index (χ4n) is 3.25. The maximum Gasteiger partial charge on any atom is 0.416 e. The number of hydrogen-bond acceptors (Lipinski definition) is 3. The first kappa shape index (κ1) is 20.2. The summed E-state index contributed by atoms with van der Waals surface area (Å²) in [4.78, 5) is 10.6. The number of rotatable bonds is 7. The minimum Gasteiger partial charge on any atom is -0.489 e. The number of aliphatic carboxylic acids is 1. The van der Waals surface area contributed by atoms with Crippen molar-refractivity contribution in [1.29, 1.82) is 0 Å². The summed E-state index contributed by atoms with van der Waals surface area (Å²) in [7, 11) is 0. The van der Waals surface area contributed by atoms with Gasteiger partial charge in [-0.25, -0.2) is 0 Å². The monoisotopic (exact) mass is 394 g/mol. The van der Waals surface area contributed by atoms with Gasteiger partial charge in [0.2, 0.25) is 0 Å². The van der Waals surface area contributed by atoms with Gasteiger partial charge in [0, 0.05) is 0 Å². The molecule has 1 N–H and O–H groups in total. The third-order valence-corrected chi connectivity index (χ3v) is 4.69. The number of hydrogen-bond donors (Lipinski definition) is 1. The Balaban J connectivity index is 1.57. The van der Waals surface area contributed by atoms with Gasteiger partial charge in [-0.2, -0.15) is 13.2 Å². The molecule has 0 heterocycles. The van der Waals surface area contributed by atoms with Crippen LogP contribution in [0.4, 0.5) is 13.2 Å². The van der Waals surface area contributed by atoms with E-state index >= 15 is 0 Å². The first-order chi connectivity index (χ1) is 13.3. The molecule has 2 aromatic rings. The molecular weight excluding hydrogens is 373 g/mol. The number of carboxylic acids is 1. The average molecular weight is 394 g/mol. The first-order valence-electron chi connectivity index (χ1n) is 9.05. The minimum absolute atomic E-state index is 0.00345. The van der Waals surface area contributed by atoms with Crippen molar-refractivity contribution < 1.29 is 32.5 Å². The molecule has 0 amide bonds. The van der Waals surface area contributed by atoms with Crippen molar-refractivity contribution in [3.8, 4) is 5.75 Å². The van der Waals surface area contributed by atoms with Crippen LogP contribution < -0.4 is 4.74 Å². The third-order valence-electron chi connectivity index (χ3n) is 4.69. The van der Waals surface area contributed by atoms with E-state index in [1.54, 1.807) is 12.1 Å². The molecule has 3 rings (SSSR count). The molecule has 1 aliphatic carbocycles. The molecule has 0 aromatic heterocycles. The largest absolute Gasteiger partial charge is 0.489 e. The van der Waals surface area contributed by atoms with Crippen LogP contribution in [0.25, 0.3) is 0 Å². The molecule has 1 atom stereocenters. The Labute approximate surface area is 160 Å². The molecule has 28 heavy (non-hydrogen) atoms. The fraction of sp³-hybridized carbons (Fsp3) is 0.381. The Kier molecular flexibility index (Phi) is 6.24. The average Bonchev–Trinajstić information content (AvgIpc) is 2.65. The zero-order chi connectivity index (χ0) is 20.1. The maximum absolute atomic E-state index is 12.8. The summed E-state index contributed by atoms with van der Waals surface area (Å²) in [5.74, 6) is -0.264. The van der Waals surface area contributed by atoms with E-state index < -0.39 is 17.7 Å². The number of halogens is 3. The van der Waals surface area contributed by atoms with Crippen LogP contribution in [0.2, 0.25) is 0 Å². The maximum atomic E-state index is 12.8. The highest BCUT2D eigenvalue weighted by molar-refractivity contribution is 5.66. The van der Waals surface area contributed by atoms with E-state index in [2.05, 4.69) is 0 Å². The van der Waals surface area contributed by atoms with Gasteiger partial charge >= 0.3 is 12.1 Å². The second kappa shape index (κ2) is 8.65. The summed E-state index contributed by atoms with van der Waals surface area (Å²) >= 11 is 0. The summed E-state index contributed by atoms with van der Waals surface area (Å²) in [5, 5.41) is 8.67. The lowest BCUT2D eigenvalue weighted by molar-refractivity contribution is -0.139. The Morgan fingerprint density at radius 1 is 1.14 bits per heavy atom. The molecule has 0 spiro atoms. The summed E-state index contributed by atoms with van der Waals surface area (Å²) in [6.45, 7) is 0.261. The first-order valence-corrected chi connectivity index (χ1v) is 9.05. The predicted molar refractivity (Wildman–Crippen MR) is 96.2 cm³/mol. The minimum atomic E-state index is -4.37. The number of carboxylic acid groups (broad SMARTS) is 1. The molecule has 0 bridgehead atoms. The Hall–Kier alpha value is -2.54. The number of benzene rings is 2. The lowest BCUT2D eigenvalue weighted by atomic mass is 9.89. The normalized spacial score (nSPS) is 16.5. The van der Waals surface area contributed by atoms with E-state index in [0.29, 0.717) is 17.7 Å². The van der Waals surface area contributed by atoms with Gasteiger partial charge < -0.3 is 14.6 Å². The van der Waals surface area contributed by atoms with Gasteiger partial charge in [0.1, 0.15) is 12.4 Å². The van der Waals surface area contributed by atoms with Crippen LogP contribution in [0.15, 0.2) is 42.5 Å². The van der Waals surface area contributed by atoms with Crippen molar-refractivity contribution in [2.24, 2.45) is 0 Å². The summed E-state index contributed by atoms with van der Waals surface area (Å²) in [6.07, 6.45) is -2.08. The van der Waals surface area contributed by atoms with Gasteiger partial charge in [-0.05, 0) is 60.2 Å². The molecule has 1 unspecified atom stereocenters. The molecule has 150 valence electrons. The van der Waals surface area contributed by atoms with Gasteiger partial charge in [0.15, 0.2) is 0 Å². The fourth-order valence-corrected chi connectivity index (χ4v) is 3.25. The molecule has 7 heteroatoms. The highest BCUT2D eigenvalue weighted by Gasteiger charge is 2.30. The van der Waals surface area contributed by atoms with Crippen molar-refractivity contribution in [3.63, 3.8) is 0 Å². The van der Waals surface area contributed by atoms with Crippen molar-refractivity contribution >= 4 is 5.97 Å². The van der Waals surface area contributed by atoms with Crippen LogP contribution >= 0.6 is 0 Å². The van der Waals surface area contributed by atoms with Crippen LogP contribution in [0.3, 0.4) is 0 Å². The Bertz CT molecular complexity index is 833.